The van der Waals surface area contributed by atoms with E-state index >= 15 is 0 Å². The van der Waals surface area contributed by atoms with Crippen molar-refractivity contribution < 1.29 is 9.90 Å². The van der Waals surface area contributed by atoms with E-state index in [0.717, 1.165) is 36.0 Å². The van der Waals surface area contributed by atoms with Gasteiger partial charge in [-0.3, -0.25) is 9.78 Å². The molecule has 172 valence electrons. The Balaban J connectivity index is 1.33. The molecule has 3 aromatic rings. The van der Waals surface area contributed by atoms with E-state index in [4.69, 9.17) is 11.6 Å². The Kier molecular flexibility index (Phi) is 7.38. The molecule has 2 aromatic heterocycles. The number of amides is 1. The molecule has 3 heterocycles. The lowest BCUT2D eigenvalue weighted by Gasteiger charge is -2.25. The molecule has 1 saturated heterocycles. The van der Waals surface area contributed by atoms with E-state index in [1.165, 1.54) is 0 Å². The zero-order valence-corrected chi connectivity index (χ0v) is 19.6. The Morgan fingerprint density at radius 2 is 1.94 bits per heavy atom. The zero-order chi connectivity index (χ0) is 23.4. The van der Waals surface area contributed by atoms with Crippen molar-refractivity contribution in [3.8, 4) is 0 Å². The van der Waals surface area contributed by atoms with Gasteiger partial charge in [0, 0.05) is 48.8 Å². The summed E-state index contributed by atoms with van der Waals surface area (Å²) in [5.74, 6) is -0.0170. The molecule has 0 radical (unpaired) electrons. The molecule has 0 spiro atoms. The molecule has 33 heavy (non-hydrogen) atoms. The number of hydrogen-bond donors (Lipinski definition) is 2. The quantitative estimate of drug-likeness (QED) is 0.508. The van der Waals surface area contributed by atoms with Crippen LogP contribution in [0.1, 0.15) is 59.0 Å². The van der Waals surface area contributed by atoms with Crippen LogP contribution in [0.4, 0.5) is 0 Å². The van der Waals surface area contributed by atoms with Gasteiger partial charge in [-0.05, 0) is 61.6 Å². The molecule has 6 nitrogen and oxygen atoms in total. The van der Waals surface area contributed by atoms with Gasteiger partial charge in [-0.15, -0.1) is 0 Å². The highest BCUT2D eigenvalue weighted by Crippen LogP contribution is 2.27. The van der Waals surface area contributed by atoms with E-state index in [0.29, 0.717) is 10.7 Å². The summed E-state index contributed by atoms with van der Waals surface area (Å²) in [5, 5.41) is 14.6. The number of carbonyl (C=O) groups excluding carboxylic acids is 1. The standard InChI is InChI=1S/C26H29ClN4O2/c1-17(20-4-3-13-28-15-20)31(2)26(33)19-7-5-18(6-8-19)14-22-10-11-23(30-22)25(32)21-9-12-24(27)29-16-21/h3-9,12-13,15-17,22-23,25,30,32H,10-11,14H2,1-2H3/t17?,22-,23+,25?/m0/s1. The van der Waals surface area contributed by atoms with Gasteiger partial charge < -0.3 is 15.3 Å². The molecule has 0 saturated carbocycles. The fourth-order valence-corrected chi connectivity index (χ4v) is 4.46. The maximum Gasteiger partial charge on any atom is 0.254 e. The molecule has 7 heteroatoms. The highest BCUT2D eigenvalue weighted by Gasteiger charge is 2.30. The molecule has 2 N–H and O–H groups in total. The van der Waals surface area contributed by atoms with E-state index in [9.17, 15) is 9.90 Å². The fourth-order valence-electron chi connectivity index (χ4n) is 4.35. The van der Waals surface area contributed by atoms with Gasteiger partial charge in [0.15, 0.2) is 0 Å². The Hall–Kier alpha value is -2.80. The number of aliphatic hydroxyl groups is 1. The van der Waals surface area contributed by atoms with Gasteiger partial charge in [-0.1, -0.05) is 35.9 Å². The Bertz CT molecular complexity index is 1060. The second-order valence-corrected chi connectivity index (χ2v) is 9.07. The summed E-state index contributed by atoms with van der Waals surface area (Å²) in [6.07, 6.45) is 7.25. The predicted octanol–water partition coefficient (Wildman–Crippen LogP) is 4.36. The monoisotopic (exact) mass is 464 g/mol. The second-order valence-electron chi connectivity index (χ2n) is 8.69. The van der Waals surface area contributed by atoms with Gasteiger partial charge in [0.05, 0.1) is 12.1 Å². The van der Waals surface area contributed by atoms with Crippen molar-refractivity contribution in [2.45, 2.75) is 50.4 Å². The van der Waals surface area contributed by atoms with Crippen molar-refractivity contribution in [1.29, 1.82) is 0 Å². The first-order valence-corrected chi connectivity index (χ1v) is 11.6. The molecular weight excluding hydrogens is 436 g/mol. The number of nitrogens with one attached hydrogen (secondary N) is 1. The number of pyridine rings is 2. The van der Waals surface area contributed by atoms with Crippen LogP contribution in [0, 0.1) is 0 Å². The van der Waals surface area contributed by atoms with Gasteiger partial charge in [0.2, 0.25) is 0 Å². The maximum atomic E-state index is 12.9. The maximum absolute atomic E-state index is 12.9. The Morgan fingerprint density at radius 3 is 2.61 bits per heavy atom. The Morgan fingerprint density at radius 1 is 1.15 bits per heavy atom. The lowest BCUT2D eigenvalue weighted by molar-refractivity contribution is 0.0742. The predicted molar refractivity (Wildman–Crippen MR) is 129 cm³/mol. The number of hydrogen-bond acceptors (Lipinski definition) is 5. The number of nitrogens with zero attached hydrogens (tertiary/aromatic N) is 3. The molecule has 0 bridgehead atoms. The van der Waals surface area contributed by atoms with E-state index in [1.807, 2.05) is 56.4 Å². The summed E-state index contributed by atoms with van der Waals surface area (Å²) in [6, 6.07) is 15.4. The van der Waals surface area contributed by atoms with Crippen LogP contribution < -0.4 is 5.32 Å². The van der Waals surface area contributed by atoms with E-state index < -0.39 is 6.10 Å². The van der Waals surface area contributed by atoms with Crippen LogP contribution in [0.3, 0.4) is 0 Å². The lowest BCUT2D eigenvalue weighted by Crippen LogP contribution is -2.35. The van der Waals surface area contributed by atoms with Crippen LogP contribution in [0.15, 0.2) is 67.1 Å². The molecule has 1 amide bonds. The third-order valence-corrected chi connectivity index (χ3v) is 6.72. The summed E-state index contributed by atoms with van der Waals surface area (Å²) in [5.41, 5.74) is 3.60. The molecule has 1 aromatic carbocycles. The summed E-state index contributed by atoms with van der Waals surface area (Å²) in [4.78, 5) is 22.9. The first-order chi connectivity index (χ1) is 15.9. The molecule has 2 unspecified atom stereocenters. The summed E-state index contributed by atoms with van der Waals surface area (Å²) < 4.78 is 0. The van der Waals surface area contributed by atoms with E-state index in [1.54, 1.807) is 29.6 Å². The third kappa shape index (κ3) is 5.58. The summed E-state index contributed by atoms with van der Waals surface area (Å²) in [6.45, 7) is 2.00. The smallest absolute Gasteiger partial charge is 0.254 e. The summed E-state index contributed by atoms with van der Waals surface area (Å²) in [7, 11) is 1.82. The fraction of sp³-hybridized carbons (Fsp3) is 0.346. The molecule has 1 aliphatic heterocycles. The van der Waals surface area contributed by atoms with Crippen molar-refractivity contribution in [2.24, 2.45) is 0 Å². The van der Waals surface area contributed by atoms with Crippen LogP contribution in [0.5, 0.6) is 0 Å². The first kappa shape index (κ1) is 23.4. The van der Waals surface area contributed by atoms with Gasteiger partial charge in [-0.25, -0.2) is 4.98 Å². The highest BCUT2D eigenvalue weighted by molar-refractivity contribution is 6.29. The van der Waals surface area contributed by atoms with Crippen LogP contribution in [-0.4, -0.2) is 45.0 Å². The minimum Gasteiger partial charge on any atom is -0.387 e. The minimum atomic E-state index is -0.614. The summed E-state index contributed by atoms with van der Waals surface area (Å²) >= 11 is 5.85. The van der Waals surface area contributed by atoms with Crippen molar-refractivity contribution in [1.82, 2.24) is 20.2 Å². The average molecular weight is 465 g/mol. The number of halogens is 1. The van der Waals surface area contributed by atoms with Crippen LogP contribution >= 0.6 is 11.6 Å². The lowest BCUT2D eigenvalue weighted by atomic mass is 10.0. The third-order valence-electron chi connectivity index (χ3n) is 6.50. The van der Waals surface area contributed by atoms with E-state index in [-0.39, 0.29) is 24.0 Å². The number of rotatable bonds is 7. The van der Waals surface area contributed by atoms with Crippen molar-refractivity contribution in [3.05, 3.63) is 94.5 Å². The molecule has 1 aliphatic rings. The van der Waals surface area contributed by atoms with Crippen molar-refractivity contribution in [2.75, 3.05) is 7.05 Å². The molecule has 4 atom stereocenters. The van der Waals surface area contributed by atoms with Crippen LogP contribution in [0.2, 0.25) is 5.15 Å². The number of benzene rings is 1. The van der Waals surface area contributed by atoms with Crippen LogP contribution in [-0.2, 0) is 6.42 Å². The van der Waals surface area contributed by atoms with Gasteiger partial charge in [0.1, 0.15) is 5.15 Å². The zero-order valence-electron chi connectivity index (χ0n) is 18.9. The Labute approximate surface area is 199 Å². The number of aromatic nitrogens is 2. The molecule has 0 aliphatic carbocycles. The largest absolute Gasteiger partial charge is 0.387 e. The highest BCUT2D eigenvalue weighted by atomic mass is 35.5. The number of aliphatic hydroxyl groups excluding tert-OH is 1. The van der Waals surface area contributed by atoms with Crippen molar-refractivity contribution in [3.63, 3.8) is 0 Å². The molecule has 1 fully saturated rings. The normalized spacial score (nSPS) is 19.8. The number of carbonyl (C=O) groups is 1. The van der Waals surface area contributed by atoms with Gasteiger partial charge in [0.25, 0.3) is 5.91 Å². The minimum absolute atomic E-state index is 0.0126. The van der Waals surface area contributed by atoms with E-state index in [2.05, 4.69) is 15.3 Å². The molecular formula is C26H29ClN4O2. The molecule has 4 rings (SSSR count). The second kappa shape index (κ2) is 10.4. The van der Waals surface area contributed by atoms with Gasteiger partial charge >= 0.3 is 0 Å². The average Bonchev–Trinajstić information content (AvgIpc) is 3.32. The SMILES string of the molecule is CC(c1cccnc1)N(C)C(=O)c1ccc(C[C@@H]2CC[C@H](C(O)c3ccc(Cl)nc3)N2)cc1. The van der Waals surface area contributed by atoms with Crippen molar-refractivity contribution >= 4 is 17.5 Å². The van der Waals surface area contributed by atoms with Gasteiger partial charge in [-0.2, -0.15) is 0 Å². The first-order valence-electron chi connectivity index (χ1n) is 11.2. The topological polar surface area (TPSA) is 78.4 Å². The van der Waals surface area contributed by atoms with Crippen LogP contribution in [0.25, 0.3) is 0 Å².